The topological polar surface area (TPSA) is 421 Å². The molecule has 4 aliphatic heterocycles. The minimum Gasteiger partial charge on any atom is -0.480 e. The summed E-state index contributed by atoms with van der Waals surface area (Å²) in [5, 5.41) is 70.3. The molecule has 1 aromatic carbocycles. The first-order chi connectivity index (χ1) is 40.1. The van der Waals surface area contributed by atoms with Crippen molar-refractivity contribution < 1.29 is 87.9 Å². The van der Waals surface area contributed by atoms with Crippen LogP contribution in [0, 0.1) is 5.92 Å². The van der Waals surface area contributed by atoms with Crippen LogP contribution >= 0.6 is 35.3 Å². The Morgan fingerprint density at radius 3 is 2.09 bits per heavy atom. The Morgan fingerprint density at radius 2 is 1.42 bits per heavy atom. The van der Waals surface area contributed by atoms with Gasteiger partial charge in [0.2, 0.25) is 41.4 Å². The van der Waals surface area contributed by atoms with E-state index < -0.39 is 163 Å². The van der Waals surface area contributed by atoms with Crippen LogP contribution < -0.4 is 31.9 Å². The smallest absolute Gasteiger partial charge is 0.325 e. The van der Waals surface area contributed by atoms with Gasteiger partial charge < -0.3 is 67.3 Å². The van der Waals surface area contributed by atoms with Crippen molar-refractivity contribution in [1.29, 1.82) is 0 Å². The number of aliphatic hydroxyl groups is 4. The number of carboxylic acid groups (broad SMARTS) is 1. The van der Waals surface area contributed by atoms with Crippen LogP contribution in [-0.4, -0.2) is 225 Å². The number of aliphatic hydroxyl groups excluding tert-OH is 3. The van der Waals surface area contributed by atoms with Crippen molar-refractivity contribution >= 4 is 128 Å². The number of carboxylic acids is 1. The Bertz CT molecular complexity index is 2910. The highest BCUT2D eigenvalue weighted by molar-refractivity contribution is 8.16. The van der Waals surface area contributed by atoms with Crippen molar-refractivity contribution in [2.45, 2.75) is 157 Å². The predicted molar refractivity (Wildman–Crippen MR) is 309 cm³/mol. The van der Waals surface area contributed by atoms with Crippen LogP contribution in [0.3, 0.4) is 0 Å². The molecule has 85 heavy (non-hydrogen) atoms. The van der Waals surface area contributed by atoms with Crippen LogP contribution in [0.1, 0.15) is 97.5 Å². The highest BCUT2D eigenvalue weighted by Crippen LogP contribution is 2.36. The van der Waals surface area contributed by atoms with E-state index in [0.717, 1.165) is 26.7 Å². The number of rotatable bonds is 18. The van der Waals surface area contributed by atoms with Crippen molar-refractivity contribution in [3.8, 4) is 0 Å². The summed E-state index contributed by atoms with van der Waals surface area (Å²) in [6.45, 7) is 2.45. The summed E-state index contributed by atoms with van der Waals surface area (Å²) in [7, 11) is 0. The molecule has 6 rings (SSSR count). The largest absolute Gasteiger partial charge is 0.480 e. The predicted octanol–water partition coefficient (Wildman–Crippen LogP) is -1.75. The van der Waals surface area contributed by atoms with E-state index in [9.17, 15) is 87.9 Å². The number of Topliss-reactive ketones (excluding diaryl/α,β-unsaturated/α-hetero) is 3. The molecule has 2 aromatic rings. The monoisotopic (exact) mass is 1250 g/mol. The zero-order chi connectivity index (χ0) is 62.4. The number of hydrazine groups is 1. The van der Waals surface area contributed by atoms with Crippen molar-refractivity contribution in [2.75, 3.05) is 53.9 Å². The number of aromatic amines is 1. The second-order valence-electron chi connectivity index (χ2n) is 21.9. The molecule has 4 aliphatic rings. The zero-order valence-corrected chi connectivity index (χ0v) is 49.9. The minimum atomic E-state index is -1.99. The van der Waals surface area contributed by atoms with E-state index in [-0.39, 0.29) is 86.6 Å². The Kier molecular flexibility index (Phi) is 24.3. The molecule has 12 N–H and O–H groups in total. The molecule has 0 radical (unpaired) electrons. The second kappa shape index (κ2) is 30.6. The third-order valence-electron chi connectivity index (χ3n) is 14.7. The Balaban J connectivity index is 1.24. The molecule has 2 bridgehead atoms. The lowest BCUT2D eigenvalue weighted by atomic mass is 9.90. The molecule has 1 aromatic heterocycles. The summed E-state index contributed by atoms with van der Waals surface area (Å²) >= 11 is 3.45. The highest BCUT2D eigenvalue weighted by Gasteiger charge is 2.44. The Hall–Kier alpha value is -6.64. The molecule has 2 saturated heterocycles. The van der Waals surface area contributed by atoms with E-state index in [1.54, 1.807) is 18.2 Å². The number of nitrogens with zero attached hydrogens (tertiary/aromatic N) is 3. The number of aromatic nitrogens is 1. The number of hydrogen-bond donors (Lipinski definition) is 12. The number of carbonyl (C=O) groups excluding carboxylic acids is 12. The van der Waals surface area contributed by atoms with Crippen LogP contribution in [0.15, 0.2) is 23.2 Å². The number of amides is 9. The fourth-order valence-corrected chi connectivity index (χ4v) is 12.9. The Labute approximate surface area is 501 Å². The molecular weight excluding hydrogens is 1170 g/mol. The van der Waals surface area contributed by atoms with Crippen molar-refractivity contribution in [1.82, 2.24) is 46.5 Å². The molecule has 0 aliphatic carbocycles. The van der Waals surface area contributed by atoms with E-state index in [2.05, 4.69) is 36.9 Å². The van der Waals surface area contributed by atoms with E-state index in [0.29, 0.717) is 33.0 Å². The molecule has 2 fully saturated rings. The number of unbranched alkanes of at least 4 members (excludes halogenated alkanes) is 1. The number of hydrogen-bond acceptors (Lipinski definition) is 20. The van der Waals surface area contributed by atoms with E-state index in [1.807, 2.05) is 0 Å². The fourth-order valence-electron chi connectivity index (χ4n) is 10.0. The van der Waals surface area contributed by atoms with Gasteiger partial charge >= 0.3 is 5.97 Å². The normalized spacial score (nSPS) is 25.6. The quantitative estimate of drug-likeness (QED) is 0.0736. The van der Waals surface area contributed by atoms with Gasteiger partial charge in [0.15, 0.2) is 11.6 Å². The number of benzene rings is 1. The molecule has 5 heterocycles. The van der Waals surface area contributed by atoms with Gasteiger partial charge in [-0.2, -0.15) is 0 Å². The molecule has 1 unspecified atom stereocenters. The molecule has 9 amide bonds. The lowest BCUT2D eigenvalue weighted by molar-refractivity contribution is -0.167. The SMILES string of the molecule is CC(O)[C@H]1NC(=O)[C@H](C)NC(=O)[C@H](C[C@@](C)(O)CO)NC(=O)[C@H]2CC(=O)[C@H](C)NC(=O)[C@@H]3C[C@@H](O)CN3C(=O)[C@@H](CSc3[nH]c4ccc(NC(=O)CCCCC(=O)CCCC(=O)CN5C(=O)CSCSCC(=O)N5CC(=O)O)cc4c3C2)NC1=O. The first kappa shape index (κ1) is 67.5. The van der Waals surface area contributed by atoms with Gasteiger partial charge in [0.25, 0.3) is 11.8 Å². The first-order valence-electron chi connectivity index (χ1n) is 27.8. The lowest BCUT2D eigenvalue weighted by Gasteiger charge is -2.32. The first-order valence-corrected chi connectivity index (χ1v) is 31.1. The minimum absolute atomic E-state index is 0.0143. The number of H-pyrrole nitrogens is 1. The molecule has 466 valence electrons. The summed E-state index contributed by atoms with van der Waals surface area (Å²) in [6, 6.07) is -4.20. The van der Waals surface area contributed by atoms with Gasteiger partial charge in [0.1, 0.15) is 49.1 Å². The second-order valence-corrected chi connectivity index (χ2v) is 25.3. The molecule has 31 heteroatoms. The number of nitrogens with one attached hydrogen (secondary N) is 7. The average molecular weight is 1250 g/mol. The fraction of sp³-hybridized carbons (Fsp3) is 0.611. The maximum atomic E-state index is 14.8. The maximum Gasteiger partial charge on any atom is 0.325 e. The average Bonchev–Trinajstić information content (AvgIpc) is 2.20. The number of carbonyl (C=O) groups is 13. The molecular formula is C54H74N10O18S3. The summed E-state index contributed by atoms with van der Waals surface area (Å²) in [5.74, 6) is -11.7. The highest BCUT2D eigenvalue weighted by atomic mass is 32.2. The summed E-state index contributed by atoms with van der Waals surface area (Å²) in [5.41, 5.74) is -0.891. The van der Waals surface area contributed by atoms with Crippen molar-refractivity contribution in [3.63, 3.8) is 0 Å². The van der Waals surface area contributed by atoms with Crippen molar-refractivity contribution in [3.05, 3.63) is 23.8 Å². The van der Waals surface area contributed by atoms with Gasteiger partial charge in [0, 0.05) is 84.8 Å². The number of anilines is 1. The van der Waals surface area contributed by atoms with Crippen LogP contribution in [0.25, 0.3) is 10.9 Å². The van der Waals surface area contributed by atoms with Gasteiger partial charge in [-0.05, 0) is 77.1 Å². The van der Waals surface area contributed by atoms with E-state index in [1.165, 1.54) is 51.2 Å². The lowest BCUT2D eigenvalue weighted by Crippen LogP contribution is -2.61. The van der Waals surface area contributed by atoms with Gasteiger partial charge in [-0.3, -0.25) is 62.3 Å². The summed E-state index contributed by atoms with van der Waals surface area (Å²) < 4.78 is 0. The number of thioether (sulfide) groups is 3. The zero-order valence-electron chi connectivity index (χ0n) is 47.5. The van der Waals surface area contributed by atoms with Crippen LogP contribution in [-0.2, 0) is 68.7 Å². The number of fused-ring (bicyclic) bond motifs is 5. The van der Waals surface area contributed by atoms with E-state index in [4.69, 9.17) is 0 Å². The van der Waals surface area contributed by atoms with Crippen LogP contribution in [0.2, 0.25) is 0 Å². The third-order valence-corrected chi connectivity index (χ3v) is 18.1. The Morgan fingerprint density at radius 1 is 0.776 bits per heavy atom. The molecule has 28 nitrogen and oxygen atoms in total. The summed E-state index contributed by atoms with van der Waals surface area (Å²) in [4.78, 5) is 180. The van der Waals surface area contributed by atoms with E-state index >= 15 is 0 Å². The molecule has 0 spiro atoms. The molecule has 10 atom stereocenters. The number of ketones is 3. The van der Waals surface area contributed by atoms with Gasteiger partial charge in [-0.1, -0.05) is 0 Å². The van der Waals surface area contributed by atoms with Gasteiger partial charge in [0.05, 0.1) is 47.0 Å². The molecule has 0 saturated carbocycles. The third kappa shape index (κ3) is 18.9. The van der Waals surface area contributed by atoms with Crippen molar-refractivity contribution in [2.24, 2.45) is 5.92 Å². The number of aliphatic carboxylic acids is 1. The maximum absolute atomic E-state index is 14.8. The van der Waals surface area contributed by atoms with Gasteiger partial charge in [-0.25, -0.2) is 10.0 Å². The standard InChI is InChI=1S/C54H74N10O18S3/c1-27-41(70)15-30-14-36-35-16-31(57-42(71)11-6-5-8-32(67)9-7-10-33(68)20-63-43(72)23-83-26-84-24-44(73)64(63)21-45(74)75)12-13-37(35)60-52(36)85-22-39(53(81)62-19-34(69)17-40(62)50(79)55-27)59-51(80)46(29(3)66)61-47(76)28(2)56-49(78)38(58-48(30)77)18-54(4,82)25-65/h12-13,16,27-30,34,38-40,46,60,65-66,69,82H,5-11,14-15,17-26H2,1-4H3,(H,55,79)(H,56,78)(H,57,71)(H,58,77)(H,59,80)(H,61,76)(H,74,75)/t27-,28-,29?,30+,34+,38-,39+,40-,46+,54+/m0/s1. The van der Waals surface area contributed by atoms with Gasteiger partial charge in [-0.15, -0.1) is 35.3 Å². The summed E-state index contributed by atoms with van der Waals surface area (Å²) in [6.07, 6.45) is -3.81. The van der Waals surface area contributed by atoms with Crippen LogP contribution in [0.4, 0.5) is 5.69 Å². The van der Waals surface area contributed by atoms with Crippen LogP contribution in [0.5, 0.6) is 0 Å².